The lowest BCUT2D eigenvalue weighted by Crippen LogP contribution is -1.95. The van der Waals surface area contributed by atoms with Gasteiger partial charge in [0.15, 0.2) is 5.82 Å². The van der Waals surface area contributed by atoms with Crippen molar-refractivity contribution in [3.05, 3.63) is 133 Å². The minimum Gasteiger partial charge on any atom is -0.455 e. The fourth-order valence-corrected chi connectivity index (χ4v) is 5.64. The smallest absolute Gasteiger partial charge is 0.160 e. The SMILES string of the molecule is c1ccc(-c2nc(-c3cccc(-c4cccc5c4oc4ccc6ccccc6c45)c3)nc3ccccc23)cc1. The van der Waals surface area contributed by atoms with Crippen LogP contribution in [0.15, 0.2) is 138 Å². The molecule has 0 aliphatic rings. The van der Waals surface area contributed by atoms with Crippen molar-refractivity contribution < 1.29 is 4.42 Å². The van der Waals surface area contributed by atoms with E-state index in [9.17, 15) is 0 Å². The highest BCUT2D eigenvalue weighted by molar-refractivity contribution is 6.20. The number of para-hydroxylation sites is 2. The Morgan fingerprint density at radius 2 is 1.21 bits per heavy atom. The molecule has 0 radical (unpaired) electrons. The molecule has 8 aromatic rings. The van der Waals surface area contributed by atoms with Crippen LogP contribution in [0.3, 0.4) is 0 Å². The third-order valence-electron chi connectivity index (χ3n) is 7.47. The van der Waals surface area contributed by atoms with Crippen LogP contribution >= 0.6 is 0 Å². The highest BCUT2D eigenvalue weighted by Crippen LogP contribution is 2.40. The fourth-order valence-electron chi connectivity index (χ4n) is 5.64. The maximum Gasteiger partial charge on any atom is 0.160 e. The molecule has 0 unspecified atom stereocenters. The van der Waals surface area contributed by atoms with E-state index in [1.165, 1.54) is 10.8 Å². The van der Waals surface area contributed by atoms with Gasteiger partial charge in [0, 0.05) is 32.8 Å². The number of fused-ring (bicyclic) bond motifs is 6. The van der Waals surface area contributed by atoms with Crippen molar-refractivity contribution in [2.24, 2.45) is 0 Å². The van der Waals surface area contributed by atoms with E-state index in [4.69, 9.17) is 14.4 Å². The lowest BCUT2D eigenvalue weighted by atomic mass is 9.98. The summed E-state index contributed by atoms with van der Waals surface area (Å²) in [6.45, 7) is 0. The van der Waals surface area contributed by atoms with Gasteiger partial charge < -0.3 is 4.42 Å². The van der Waals surface area contributed by atoms with Gasteiger partial charge >= 0.3 is 0 Å². The zero-order valence-corrected chi connectivity index (χ0v) is 21.0. The fraction of sp³-hybridized carbons (Fsp3) is 0. The molecule has 0 fully saturated rings. The van der Waals surface area contributed by atoms with Gasteiger partial charge in [-0.3, -0.25) is 0 Å². The van der Waals surface area contributed by atoms with Crippen LogP contribution < -0.4 is 0 Å². The molecule has 0 amide bonds. The first-order valence-corrected chi connectivity index (χ1v) is 13.1. The molecule has 0 aliphatic heterocycles. The Morgan fingerprint density at radius 3 is 2.13 bits per heavy atom. The number of nitrogens with zero attached hydrogens (tertiary/aromatic N) is 2. The summed E-state index contributed by atoms with van der Waals surface area (Å²) in [4.78, 5) is 10.0. The predicted octanol–water partition coefficient (Wildman–Crippen LogP) is 9.68. The molecule has 3 nitrogen and oxygen atoms in total. The average molecular weight is 499 g/mol. The van der Waals surface area contributed by atoms with Gasteiger partial charge in [-0.1, -0.05) is 115 Å². The van der Waals surface area contributed by atoms with Crippen molar-refractivity contribution in [1.82, 2.24) is 9.97 Å². The Labute approximate surface area is 225 Å². The predicted molar refractivity (Wildman–Crippen MR) is 161 cm³/mol. The molecular formula is C36H22N2O. The van der Waals surface area contributed by atoms with Gasteiger partial charge in [0.25, 0.3) is 0 Å². The van der Waals surface area contributed by atoms with Crippen LogP contribution in [0.25, 0.3) is 77.4 Å². The van der Waals surface area contributed by atoms with Gasteiger partial charge in [0.1, 0.15) is 11.2 Å². The summed E-state index contributed by atoms with van der Waals surface area (Å²) in [5.41, 5.74) is 7.83. The lowest BCUT2D eigenvalue weighted by Gasteiger charge is -2.10. The Morgan fingerprint density at radius 1 is 0.487 bits per heavy atom. The highest BCUT2D eigenvalue weighted by Gasteiger charge is 2.16. The van der Waals surface area contributed by atoms with Crippen molar-refractivity contribution in [2.45, 2.75) is 0 Å². The van der Waals surface area contributed by atoms with Crippen LogP contribution in [0.1, 0.15) is 0 Å². The molecule has 0 saturated carbocycles. The number of rotatable bonds is 3. The molecule has 2 heterocycles. The third-order valence-corrected chi connectivity index (χ3v) is 7.47. The van der Waals surface area contributed by atoms with E-state index in [2.05, 4.69) is 103 Å². The van der Waals surface area contributed by atoms with Gasteiger partial charge in [-0.25, -0.2) is 9.97 Å². The third kappa shape index (κ3) is 3.52. The van der Waals surface area contributed by atoms with E-state index in [0.717, 1.165) is 60.8 Å². The zero-order valence-electron chi connectivity index (χ0n) is 21.0. The standard InChI is InChI=1S/C36H22N2O/c1-2-11-24(12-3-1)34-29-16-6-7-19-31(29)37-36(38-34)26-14-8-13-25(22-26)28-17-9-18-30-33-27-15-5-4-10-23(27)20-21-32(33)39-35(28)30/h1-22H. The molecular weight excluding hydrogens is 476 g/mol. The summed E-state index contributed by atoms with van der Waals surface area (Å²) in [6, 6.07) is 46.0. The molecule has 0 aliphatic carbocycles. The van der Waals surface area contributed by atoms with Gasteiger partial charge in [-0.15, -0.1) is 0 Å². The van der Waals surface area contributed by atoms with Gasteiger partial charge in [0.2, 0.25) is 0 Å². The molecule has 0 spiro atoms. The molecule has 8 rings (SSSR count). The van der Waals surface area contributed by atoms with E-state index in [1.54, 1.807) is 0 Å². The van der Waals surface area contributed by atoms with E-state index in [-0.39, 0.29) is 0 Å². The quantitative estimate of drug-likeness (QED) is 0.243. The molecule has 0 saturated heterocycles. The van der Waals surface area contributed by atoms with Gasteiger partial charge in [-0.2, -0.15) is 0 Å². The van der Waals surface area contributed by atoms with E-state index in [0.29, 0.717) is 5.82 Å². The number of benzene rings is 6. The molecule has 0 atom stereocenters. The maximum absolute atomic E-state index is 6.50. The zero-order chi connectivity index (χ0) is 25.8. The summed E-state index contributed by atoms with van der Waals surface area (Å²) < 4.78 is 6.50. The van der Waals surface area contributed by atoms with Crippen molar-refractivity contribution >= 4 is 43.6 Å². The number of hydrogen-bond acceptors (Lipinski definition) is 3. The molecule has 2 aromatic heterocycles. The second-order valence-corrected chi connectivity index (χ2v) is 9.80. The van der Waals surface area contributed by atoms with E-state index < -0.39 is 0 Å². The normalized spacial score (nSPS) is 11.6. The molecule has 182 valence electrons. The first-order valence-electron chi connectivity index (χ1n) is 13.1. The van der Waals surface area contributed by atoms with Gasteiger partial charge in [-0.05, 0) is 34.5 Å². The van der Waals surface area contributed by atoms with Crippen LogP contribution in [0, 0.1) is 0 Å². The molecule has 0 N–H and O–H groups in total. The van der Waals surface area contributed by atoms with Crippen molar-refractivity contribution in [1.29, 1.82) is 0 Å². The number of aromatic nitrogens is 2. The summed E-state index contributed by atoms with van der Waals surface area (Å²) in [7, 11) is 0. The number of furan rings is 1. The van der Waals surface area contributed by atoms with Gasteiger partial charge in [0.05, 0.1) is 11.2 Å². The maximum atomic E-state index is 6.50. The molecule has 0 bridgehead atoms. The topological polar surface area (TPSA) is 38.9 Å². The van der Waals surface area contributed by atoms with Crippen LogP contribution in [0.4, 0.5) is 0 Å². The highest BCUT2D eigenvalue weighted by atomic mass is 16.3. The van der Waals surface area contributed by atoms with Crippen LogP contribution in [-0.4, -0.2) is 9.97 Å². The Hall–Kier alpha value is -5.28. The summed E-state index contributed by atoms with van der Waals surface area (Å²) in [5, 5.41) is 5.74. The second-order valence-electron chi connectivity index (χ2n) is 9.80. The first-order chi connectivity index (χ1) is 19.3. The number of hydrogen-bond donors (Lipinski definition) is 0. The molecule has 39 heavy (non-hydrogen) atoms. The monoisotopic (exact) mass is 498 g/mol. The Balaban J connectivity index is 1.32. The minimum absolute atomic E-state index is 0.706. The van der Waals surface area contributed by atoms with E-state index >= 15 is 0 Å². The van der Waals surface area contributed by atoms with Crippen molar-refractivity contribution in [3.8, 4) is 33.8 Å². The first kappa shape index (κ1) is 21.8. The van der Waals surface area contributed by atoms with Crippen LogP contribution in [0.2, 0.25) is 0 Å². The van der Waals surface area contributed by atoms with Crippen molar-refractivity contribution in [3.63, 3.8) is 0 Å². The summed E-state index contributed by atoms with van der Waals surface area (Å²) >= 11 is 0. The molecule has 6 aromatic carbocycles. The minimum atomic E-state index is 0.706. The average Bonchev–Trinajstić information content (AvgIpc) is 3.40. The van der Waals surface area contributed by atoms with E-state index in [1.807, 2.05) is 30.3 Å². The lowest BCUT2D eigenvalue weighted by molar-refractivity contribution is 0.670. The largest absolute Gasteiger partial charge is 0.455 e. The summed E-state index contributed by atoms with van der Waals surface area (Å²) in [6.07, 6.45) is 0. The Bertz CT molecular complexity index is 2180. The van der Waals surface area contributed by atoms with Crippen molar-refractivity contribution in [2.75, 3.05) is 0 Å². The van der Waals surface area contributed by atoms with Crippen LogP contribution in [0.5, 0.6) is 0 Å². The molecule has 3 heteroatoms. The summed E-state index contributed by atoms with van der Waals surface area (Å²) in [5.74, 6) is 0.706. The van der Waals surface area contributed by atoms with Crippen LogP contribution in [-0.2, 0) is 0 Å². The Kier molecular flexibility index (Phi) is 4.82. The second kappa shape index (κ2) is 8.64.